The van der Waals surface area contributed by atoms with Crippen LogP contribution in [0, 0.1) is 22.7 Å². The molecule has 1 heterocycles. The van der Waals surface area contributed by atoms with Crippen molar-refractivity contribution in [1.29, 1.82) is 0 Å². The van der Waals surface area contributed by atoms with Crippen LogP contribution in [0.5, 0.6) is 0 Å². The Labute approximate surface area is 210 Å². The molecule has 0 bridgehead atoms. The van der Waals surface area contributed by atoms with Crippen LogP contribution in [0.2, 0.25) is 0 Å². The highest BCUT2D eigenvalue weighted by Crippen LogP contribution is 2.71. The molecule has 5 rings (SSSR count). The lowest BCUT2D eigenvalue weighted by atomic mass is 9.44. The predicted molar refractivity (Wildman–Crippen MR) is 124 cm³/mol. The third-order valence-electron chi connectivity index (χ3n) is 9.25. The fourth-order valence-electron chi connectivity index (χ4n) is 7.51. The van der Waals surface area contributed by atoms with Crippen molar-refractivity contribution in [1.82, 2.24) is 0 Å². The molecule has 36 heavy (non-hydrogen) atoms. The average Bonchev–Trinajstić information content (AvgIpc) is 3.45. The number of ketones is 1. The van der Waals surface area contributed by atoms with Gasteiger partial charge in [0, 0.05) is 16.7 Å². The number of esters is 1. The summed E-state index contributed by atoms with van der Waals surface area (Å²) < 4.78 is 57.0. The van der Waals surface area contributed by atoms with Gasteiger partial charge in [-0.15, -0.1) is 0 Å². The number of furan rings is 1. The zero-order valence-electron chi connectivity index (χ0n) is 19.8. The second-order valence-electron chi connectivity index (χ2n) is 10.6. The summed E-state index contributed by atoms with van der Waals surface area (Å²) in [7, 11) is 0. The van der Waals surface area contributed by atoms with Gasteiger partial charge in [-0.1, -0.05) is 13.0 Å². The predicted octanol–water partition coefficient (Wildman–Crippen LogP) is 4.68. The molecule has 1 aromatic rings. The topological polar surface area (TPSA) is 93.8 Å². The molecule has 0 amide bonds. The third-order valence-corrected chi connectivity index (χ3v) is 9.95. The van der Waals surface area contributed by atoms with Crippen molar-refractivity contribution >= 4 is 28.6 Å². The van der Waals surface area contributed by atoms with Crippen LogP contribution in [-0.4, -0.2) is 51.5 Å². The number of hydrogen-bond donors (Lipinski definition) is 1. The largest absolute Gasteiger partial charge is 0.457 e. The highest BCUT2D eigenvalue weighted by atomic mass is 32.2. The van der Waals surface area contributed by atoms with Gasteiger partial charge in [-0.05, 0) is 80.1 Å². The standard InChI is InChI=1S/C26H27F3O6S/c1-23-7-5-14(30)10-17(23)18(28)11-16-15-6-8-25(22(33)36-13-27,35-21(32)19-4-3-9-34-19)24(15,2)12-20(31)26(16,23)29/h3-5,7,9-10,15-16,18,20,31H,6,8,11-13H2,1-2H3/t15-,16-,18-,20+,23-,24-,25-,26-/m0/s1. The quantitative estimate of drug-likeness (QED) is 0.572. The second kappa shape index (κ2) is 8.34. The number of carbonyl (C=O) groups is 3. The average molecular weight is 525 g/mol. The molecule has 0 saturated heterocycles. The molecular formula is C26H27F3O6S. The highest BCUT2D eigenvalue weighted by Gasteiger charge is 2.76. The molecule has 0 spiro atoms. The van der Waals surface area contributed by atoms with Crippen LogP contribution in [0.1, 0.15) is 50.1 Å². The minimum atomic E-state index is -2.33. The van der Waals surface area contributed by atoms with Crippen molar-refractivity contribution in [2.24, 2.45) is 22.7 Å². The highest BCUT2D eigenvalue weighted by molar-refractivity contribution is 8.13. The normalized spacial score (nSPS) is 43.3. The molecular weight excluding hydrogens is 497 g/mol. The van der Waals surface area contributed by atoms with E-state index in [0.717, 1.165) is 6.08 Å². The van der Waals surface area contributed by atoms with E-state index in [1.165, 1.54) is 37.5 Å². The summed E-state index contributed by atoms with van der Waals surface area (Å²) in [5.74, 6) is -3.24. The Bertz CT molecular complexity index is 1170. The minimum absolute atomic E-state index is 0.00558. The molecule has 3 saturated carbocycles. The van der Waals surface area contributed by atoms with E-state index in [0.29, 0.717) is 11.8 Å². The van der Waals surface area contributed by atoms with Gasteiger partial charge in [0.25, 0.3) is 0 Å². The number of aliphatic hydroxyl groups excluding tert-OH is 1. The Morgan fingerprint density at radius 1 is 1.31 bits per heavy atom. The molecule has 1 N–H and O–H groups in total. The van der Waals surface area contributed by atoms with E-state index in [-0.39, 0.29) is 37.0 Å². The number of ether oxygens (including phenoxy) is 1. The first-order valence-electron chi connectivity index (χ1n) is 11.9. The summed E-state index contributed by atoms with van der Waals surface area (Å²) in [5.41, 5.74) is -7.09. The van der Waals surface area contributed by atoms with Crippen molar-refractivity contribution < 1.29 is 41.8 Å². The molecule has 4 aliphatic carbocycles. The van der Waals surface area contributed by atoms with Gasteiger partial charge in [-0.25, -0.2) is 18.0 Å². The van der Waals surface area contributed by atoms with Gasteiger partial charge in [-0.3, -0.25) is 9.59 Å². The molecule has 194 valence electrons. The van der Waals surface area contributed by atoms with Crippen LogP contribution in [0.3, 0.4) is 0 Å². The lowest BCUT2D eigenvalue weighted by molar-refractivity contribution is -0.219. The van der Waals surface area contributed by atoms with Crippen LogP contribution in [0.15, 0.2) is 46.6 Å². The molecule has 0 aromatic carbocycles. The van der Waals surface area contributed by atoms with Gasteiger partial charge in [0.15, 0.2) is 17.1 Å². The van der Waals surface area contributed by atoms with Gasteiger partial charge in [0.2, 0.25) is 10.9 Å². The molecule has 0 aliphatic heterocycles. The van der Waals surface area contributed by atoms with Crippen LogP contribution in [-0.2, 0) is 14.3 Å². The van der Waals surface area contributed by atoms with E-state index >= 15 is 8.78 Å². The number of allylic oxidation sites excluding steroid dienone is 4. The minimum Gasteiger partial charge on any atom is -0.457 e. The molecule has 0 unspecified atom stereocenters. The monoisotopic (exact) mass is 524 g/mol. The molecule has 4 aliphatic rings. The lowest BCUT2D eigenvalue weighted by Crippen LogP contribution is -2.70. The number of thioether (sulfide) groups is 1. The summed E-state index contributed by atoms with van der Waals surface area (Å²) in [6.45, 7) is 3.11. The zero-order valence-corrected chi connectivity index (χ0v) is 20.7. The summed E-state index contributed by atoms with van der Waals surface area (Å²) in [6, 6.07) is 1.77. The first kappa shape index (κ1) is 25.3. The van der Waals surface area contributed by atoms with Crippen molar-refractivity contribution in [2.45, 2.75) is 63.1 Å². The Balaban J connectivity index is 1.60. The Morgan fingerprint density at radius 2 is 2.06 bits per heavy atom. The number of hydrogen-bond acceptors (Lipinski definition) is 7. The fraction of sp³-hybridized carbons (Fsp3) is 0.577. The van der Waals surface area contributed by atoms with Gasteiger partial charge >= 0.3 is 5.97 Å². The van der Waals surface area contributed by atoms with Gasteiger partial charge in [-0.2, -0.15) is 0 Å². The van der Waals surface area contributed by atoms with Crippen LogP contribution < -0.4 is 0 Å². The number of alkyl halides is 3. The van der Waals surface area contributed by atoms with Gasteiger partial charge in [0.05, 0.1) is 12.4 Å². The molecule has 6 nitrogen and oxygen atoms in total. The number of carbonyl (C=O) groups excluding carboxylic acids is 3. The van der Waals surface area contributed by atoms with Crippen molar-refractivity contribution in [3.05, 3.63) is 48.0 Å². The van der Waals surface area contributed by atoms with Crippen LogP contribution in [0.4, 0.5) is 13.2 Å². The first-order chi connectivity index (χ1) is 16.9. The van der Waals surface area contributed by atoms with Crippen molar-refractivity contribution in [3.63, 3.8) is 0 Å². The molecule has 1 aromatic heterocycles. The number of aliphatic hydroxyl groups is 1. The number of rotatable bonds is 4. The molecule has 10 heteroatoms. The molecule has 3 fully saturated rings. The summed E-state index contributed by atoms with van der Waals surface area (Å²) >= 11 is 0.348. The SMILES string of the molecule is C[C@]12C=CC(=O)C=C1[C@@H](F)C[C@H]1[C@@H]3CC[C@](OC(=O)c4ccco4)(C(=O)SCF)[C@@]3(C)C[C@@H](O)[C@@]12F. The van der Waals surface area contributed by atoms with Gasteiger partial charge in [0.1, 0.15) is 12.2 Å². The maximum Gasteiger partial charge on any atom is 0.375 e. The Hall–Kier alpha value is -2.33. The maximum absolute atomic E-state index is 17.2. The molecule has 8 atom stereocenters. The van der Waals surface area contributed by atoms with Crippen molar-refractivity contribution in [2.75, 3.05) is 6.01 Å². The smallest absolute Gasteiger partial charge is 0.375 e. The van der Waals surface area contributed by atoms with E-state index < -0.39 is 69.1 Å². The van der Waals surface area contributed by atoms with E-state index in [2.05, 4.69) is 0 Å². The van der Waals surface area contributed by atoms with Crippen LogP contribution in [0.25, 0.3) is 0 Å². The fourth-order valence-corrected chi connectivity index (χ4v) is 8.21. The first-order valence-corrected chi connectivity index (χ1v) is 12.9. The van der Waals surface area contributed by atoms with Crippen molar-refractivity contribution in [3.8, 4) is 0 Å². The maximum atomic E-state index is 17.2. The van der Waals surface area contributed by atoms with Crippen LogP contribution >= 0.6 is 11.8 Å². The van der Waals surface area contributed by atoms with Gasteiger partial charge < -0.3 is 14.3 Å². The van der Waals surface area contributed by atoms with E-state index in [4.69, 9.17) is 9.15 Å². The molecule has 0 radical (unpaired) electrons. The zero-order chi connectivity index (χ0) is 26.1. The van der Waals surface area contributed by atoms with E-state index in [1.54, 1.807) is 6.92 Å². The third kappa shape index (κ3) is 3.12. The second-order valence-corrected chi connectivity index (χ2v) is 11.5. The summed E-state index contributed by atoms with van der Waals surface area (Å²) in [4.78, 5) is 38.3. The summed E-state index contributed by atoms with van der Waals surface area (Å²) in [6.07, 6.45) is 1.16. The number of halogens is 3. The summed E-state index contributed by atoms with van der Waals surface area (Å²) in [5, 5.41) is 10.7. The lowest BCUT2D eigenvalue weighted by Gasteiger charge is -2.63. The Kier molecular flexibility index (Phi) is 5.87. The van der Waals surface area contributed by atoms with E-state index in [1.807, 2.05) is 0 Å². The number of fused-ring (bicyclic) bond motifs is 5. The Morgan fingerprint density at radius 3 is 2.72 bits per heavy atom. The van der Waals surface area contributed by atoms with E-state index in [9.17, 15) is 23.9 Å².